The van der Waals surface area contributed by atoms with Crippen LogP contribution in [-0.2, 0) is 24.3 Å². The van der Waals surface area contributed by atoms with Crippen molar-refractivity contribution in [1.29, 1.82) is 0 Å². The first kappa shape index (κ1) is 23.6. The minimum absolute atomic E-state index is 0.00690. The highest BCUT2D eigenvalue weighted by Gasteiger charge is 2.23. The largest absolute Gasteiger partial charge is 0.455 e. The predicted molar refractivity (Wildman–Crippen MR) is 111 cm³/mol. The number of carbonyl (C=O) groups excluding carboxylic acids is 3. The number of esters is 1. The van der Waals surface area contributed by atoms with E-state index in [9.17, 15) is 22.8 Å². The van der Waals surface area contributed by atoms with Gasteiger partial charge in [0.1, 0.15) is 6.54 Å². The summed E-state index contributed by atoms with van der Waals surface area (Å²) in [5.74, 6) is -1.40. The maximum Gasteiger partial charge on any atom is 0.321 e. The standard InChI is InChI=1S/C20H27N3O6S/c1-15-7-5-6-10-17(15)22-20(26)23-18(24)14-29-19(25)13-21-30(27,28)12-11-16-8-3-2-4-9-16/h2-4,8-9,11-12,15,17,21H,5-7,10,13-14H2,1H3,(H2,22,23,24,26)/b12-11+. The molecule has 1 aliphatic carbocycles. The van der Waals surface area contributed by atoms with Crippen molar-refractivity contribution >= 4 is 34.0 Å². The molecule has 3 N–H and O–H groups in total. The third-order valence-electron chi connectivity index (χ3n) is 4.70. The second-order valence-corrected chi connectivity index (χ2v) is 8.78. The summed E-state index contributed by atoms with van der Waals surface area (Å²) in [7, 11) is -3.85. The molecule has 2 rings (SSSR count). The van der Waals surface area contributed by atoms with Crippen LogP contribution in [0.3, 0.4) is 0 Å². The summed E-state index contributed by atoms with van der Waals surface area (Å²) in [4.78, 5) is 35.3. The summed E-state index contributed by atoms with van der Waals surface area (Å²) in [6, 6.07) is 8.15. The Morgan fingerprint density at radius 3 is 2.53 bits per heavy atom. The number of benzene rings is 1. The number of nitrogens with one attached hydrogen (secondary N) is 3. The van der Waals surface area contributed by atoms with Gasteiger partial charge in [0, 0.05) is 11.4 Å². The van der Waals surface area contributed by atoms with Gasteiger partial charge in [-0.25, -0.2) is 17.9 Å². The molecular weight excluding hydrogens is 410 g/mol. The van der Waals surface area contributed by atoms with Crippen LogP contribution in [-0.4, -0.2) is 45.5 Å². The Morgan fingerprint density at radius 1 is 1.13 bits per heavy atom. The smallest absolute Gasteiger partial charge is 0.321 e. The lowest BCUT2D eigenvalue weighted by molar-refractivity contribution is -0.147. The molecule has 1 saturated carbocycles. The third-order valence-corrected chi connectivity index (χ3v) is 5.74. The zero-order valence-corrected chi connectivity index (χ0v) is 17.6. The molecule has 1 aromatic carbocycles. The molecule has 0 heterocycles. The van der Waals surface area contributed by atoms with Crippen molar-refractivity contribution in [3.63, 3.8) is 0 Å². The van der Waals surface area contributed by atoms with Gasteiger partial charge >= 0.3 is 12.0 Å². The van der Waals surface area contributed by atoms with E-state index in [4.69, 9.17) is 4.74 Å². The zero-order valence-electron chi connectivity index (χ0n) is 16.8. The van der Waals surface area contributed by atoms with Crippen LogP contribution in [0, 0.1) is 5.92 Å². The summed E-state index contributed by atoms with van der Waals surface area (Å²) in [5.41, 5.74) is 0.683. The lowest BCUT2D eigenvalue weighted by Crippen LogP contribution is -2.48. The van der Waals surface area contributed by atoms with Gasteiger partial charge in [-0.15, -0.1) is 0 Å². The lowest BCUT2D eigenvalue weighted by Gasteiger charge is -2.29. The van der Waals surface area contributed by atoms with Crippen molar-refractivity contribution in [2.45, 2.75) is 38.6 Å². The predicted octanol–water partition coefficient (Wildman–Crippen LogP) is 1.52. The zero-order chi connectivity index (χ0) is 22.0. The summed E-state index contributed by atoms with van der Waals surface area (Å²) >= 11 is 0. The molecule has 0 saturated heterocycles. The molecule has 30 heavy (non-hydrogen) atoms. The van der Waals surface area contributed by atoms with E-state index in [2.05, 4.69) is 15.4 Å². The normalized spacial score (nSPS) is 19.2. The van der Waals surface area contributed by atoms with Gasteiger partial charge in [-0.2, -0.15) is 0 Å². The number of hydrogen-bond donors (Lipinski definition) is 3. The van der Waals surface area contributed by atoms with Gasteiger partial charge in [0.2, 0.25) is 10.0 Å². The van der Waals surface area contributed by atoms with Crippen molar-refractivity contribution in [2.24, 2.45) is 5.92 Å². The lowest BCUT2D eigenvalue weighted by atomic mass is 9.86. The van der Waals surface area contributed by atoms with Crippen molar-refractivity contribution in [2.75, 3.05) is 13.2 Å². The topological polar surface area (TPSA) is 131 Å². The van der Waals surface area contributed by atoms with E-state index >= 15 is 0 Å². The number of sulfonamides is 1. The van der Waals surface area contributed by atoms with Crippen molar-refractivity contribution in [3.05, 3.63) is 41.3 Å². The SMILES string of the molecule is CC1CCCCC1NC(=O)NC(=O)COC(=O)CNS(=O)(=O)/C=C/c1ccccc1. The molecule has 3 amide bonds. The van der Waals surface area contributed by atoms with E-state index in [1.54, 1.807) is 30.3 Å². The third kappa shape index (κ3) is 8.75. The van der Waals surface area contributed by atoms with Crippen molar-refractivity contribution in [3.8, 4) is 0 Å². The molecule has 0 radical (unpaired) electrons. The van der Waals surface area contributed by atoms with Gasteiger partial charge in [-0.3, -0.25) is 14.9 Å². The average Bonchev–Trinajstić information content (AvgIpc) is 2.72. The van der Waals surface area contributed by atoms with Crippen LogP contribution in [0.1, 0.15) is 38.2 Å². The van der Waals surface area contributed by atoms with E-state index < -0.39 is 41.1 Å². The maximum atomic E-state index is 11.9. The van der Waals surface area contributed by atoms with Gasteiger partial charge in [-0.1, -0.05) is 50.1 Å². The van der Waals surface area contributed by atoms with E-state index in [0.29, 0.717) is 11.5 Å². The molecule has 0 spiro atoms. The number of carbonyl (C=O) groups is 3. The summed E-state index contributed by atoms with van der Waals surface area (Å²) in [6.45, 7) is 0.721. The van der Waals surface area contributed by atoms with Crippen molar-refractivity contribution in [1.82, 2.24) is 15.4 Å². The Kier molecular flexibility index (Phi) is 9.00. The molecule has 9 nitrogen and oxygen atoms in total. The van der Waals surface area contributed by atoms with Crippen LogP contribution in [0.2, 0.25) is 0 Å². The number of ether oxygens (including phenoxy) is 1. The van der Waals surface area contributed by atoms with E-state index in [0.717, 1.165) is 31.1 Å². The molecule has 0 bridgehead atoms. The first-order chi connectivity index (χ1) is 14.2. The minimum Gasteiger partial charge on any atom is -0.455 e. The highest BCUT2D eigenvalue weighted by Crippen LogP contribution is 2.23. The molecule has 2 atom stereocenters. The molecular formula is C20H27N3O6S. The Labute approximate surface area is 176 Å². The van der Waals surface area contributed by atoms with Crippen LogP contribution in [0.5, 0.6) is 0 Å². The van der Waals surface area contributed by atoms with Crippen LogP contribution < -0.4 is 15.4 Å². The molecule has 1 fully saturated rings. The minimum atomic E-state index is -3.85. The molecule has 0 aromatic heterocycles. The fourth-order valence-electron chi connectivity index (χ4n) is 3.03. The Balaban J connectivity index is 1.67. The number of urea groups is 1. The molecule has 0 aliphatic heterocycles. The quantitative estimate of drug-likeness (QED) is 0.529. The monoisotopic (exact) mass is 437 g/mol. The highest BCUT2D eigenvalue weighted by atomic mass is 32.2. The Bertz CT molecular complexity index is 870. The summed E-state index contributed by atoms with van der Waals surface area (Å²) in [6.07, 6.45) is 5.41. The van der Waals surface area contributed by atoms with Crippen LogP contribution >= 0.6 is 0 Å². The van der Waals surface area contributed by atoms with Crippen LogP contribution in [0.25, 0.3) is 6.08 Å². The molecule has 10 heteroatoms. The van der Waals surface area contributed by atoms with Gasteiger partial charge in [-0.05, 0) is 30.4 Å². The number of hydrogen-bond acceptors (Lipinski definition) is 6. The first-order valence-corrected chi connectivity index (χ1v) is 11.3. The van der Waals surface area contributed by atoms with Gasteiger partial charge < -0.3 is 10.1 Å². The summed E-state index contributed by atoms with van der Waals surface area (Å²) in [5, 5.41) is 5.78. The number of imide groups is 1. The van der Waals surface area contributed by atoms with E-state index in [1.807, 2.05) is 6.92 Å². The Hall–Kier alpha value is -2.72. The molecule has 1 aliphatic rings. The summed E-state index contributed by atoms with van der Waals surface area (Å²) < 4.78 is 30.5. The van der Waals surface area contributed by atoms with Crippen LogP contribution in [0.4, 0.5) is 4.79 Å². The van der Waals surface area contributed by atoms with E-state index in [1.165, 1.54) is 6.08 Å². The van der Waals surface area contributed by atoms with E-state index in [-0.39, 0.29) is 6.04 Å². The van der Waals surface area contributed by atoms with Crippen LogP contribution in [0.15, 0.2) is 35.7 Å². The second kappa shape index (κ2) is 11.5. The fourth-order valence-corrected chi connectivity index (χ4v) is 3.79. The number of amides is 3. The molecule has 164 valence electrons. The fraction of sp³-hybridized carbons (Fsp3) is 0.450. The molecule has 1 aromatic rings. The first-order valence-electron chi connectivity index (χ1n) is 9.74. The van der Waals surface area contributed by atoms with Gasteiger partial charge in [0.15, 0.2) is 6.61 Å². The van der Waals surface area contributed by atoms with Gasteiger partial charge in [0.05, 0.1) is 0 Å². The highest BCUT2D eigenvalue weighted by molar-refractivity contribution is 7.92. The maximum absolute atomic E-state index is 11.9. The number of rotatable bonds is 8. The van der Waals surface area contributed by atoms with Gasteiger partial charge in [0.25, 0.3) is 5.91 Å². The average molecular weight is 438 g/mol. The second-order valence-electron chi connectivity index (χ2n) is 7.13. The Morgan fingerprint density at radius 2 is 1.83 bits per heavy atom. The molecule has 2 unspecified atom stereocenters. The van der Waals surface area contributed by atoms with Crippen molar-refractivity contribution < 1.29 is 27.5 Å².